The Labute approximate surface area is 169 Å². The molecule has 0 unspecified atom stereocenters. The van der Waals surface area contributed by atoms with Crippen molar-refractivity contribution in [2.75, 3.05) is 10.6 Å². The van der Waals surface area contributed by atoms with Gasteiger partial charge in [0.1, 0.15) is 17.3 Å². The summed E-state index contributed by atoms with van der Waals surface area (Å²) in [6.07, 6.45) is 0.389. The van der Waals surface area contributed by atoms with E-state index in [9.17, 15) is 8.78 Å². The lowest BCUT2D eigenvalue weighted by molar-refractivity contribution is 0.586. The predicted molar refractivity (Wildman–Crippen MR) is 103 cm³/mol. The van der Waals surface area contributed by atoms with Gasteiger partial charge in [-0.1, -0.05) is 0 Å². The average Bonchev–Trinajstić information content (AvgIpc) is 2.69. The summed E-state index contributed by atoms with van der Waals surface area (Å²) in [5, 5.41) is 22.6. The number of halogens is 3. The molecule has 0 aliphatic carbocycles. The minimum absolute atomic E-state index is 0.0451. The third-order valence-corrected chi connectivity index (χ3v) is 3.91. The average molecular weight is 412 g/mol. The minimum atomic E-state index is -0.851. The number of rotatable bonds is 6. The van der Waals surface area contributed by atoms with Crippen LogP contribution >= 0.6 is 11.6 Å². The molecular formula is C19H12ClF2N7. The molecule has 2 N–H and O–H groups in total. The van der Waals surface area contributed by atoms with Gasteiger partial charge in [0, 0.05) is 12.1 Å². The standard InChI is InChI=1S/C19H12ClF2N7/c20-17-27-18(25-13-5-3-11(10-24)4-6-13)29-19(28-17)26-16-14(21)8-12(2-1-7-23)9-15(16)22/h3-6,8-9H,1-2H2,(H2,25,26,27,28,29). The van der Waals surface area contributed by atoms with Crippen molar-refractivity contribution in [2.24, 2.45) is 0 Å². The molecule has 0 bridgehead atoms. The summed E-state index contributed by atoms with van der Waals surface area (Å²) in [5.41, 5.74) is 0.980. The first-order valence-electron chi connectivity index (χ1n) is 8.29. The van der Waals surface area contributed by atoms with E-state index in [4.69, 9.17) is 22.1 Å². The third kappa shape index (κ3) is 5.12. The number of anilines is 4. The number of nitrogens with one attached hydrogen (secondary N) is 2. The van der Waals surface area contributed by atoms with Gasteiger partial charge in [0.05, 0.1) is 17.7 Å². The maximum absolute atomic E-state index is 14.3. The summed E-state index contributed by atoms with van der Waals surface area (Å²) in [6, 6.07) is 12.7. The van der Waals surface area contributed by atoms with Crippen LogP contribution in [-0.4, -0.2) is 15.0 Å². The lowest BCUT2D eigenvalue weighted by atomic mass is 10.1. The summed E-state index contributed by atoms with van der Waals surface area (Å²) in [5.74, 6) is -1.82. The van der Waals surface area contributed by atoms with Crippen molar-refractivity contribution >= 4 is 34.9 Å². The zero-order valence-electron chi connectivity index (χ0n) is 14.7. The Bertz CT molecular complexity index is 1100. The molecule has 144 valence electrons. The highest BCUT2D eigenvalue weighted by atomic mass is 35.5. The number of nitrogens with zero attached hydrogens (tertiary/aromatic N) is 5. The van der Waals surface area contributed by atoms with Crippen molar-refractivity contribution < 1.29 is 8.78 Å². The quantitative estimate of drug-likeness (QED) is 0.608. The van der Waals surface area contributed by atoms with E-state index in [-0.39, 0.29) is 30.0 Å². The van der Waals surface area contributed by atoms with Crippen LogP contribution in [-0.2, 0) is 6.42 Å². The highest BCUT2D eigenvalue weighted by Crippen LogP contribution is 2.25. The fourth-order valence-electron chi connectivity index (χ4n) is 2.42. The molecule has 1 aromatic heterocycles. The highest BCUT2D eigenvalue weighted by Gasteiger charge is 2.14. The van der Waals surface area contributed by atoms with Gasteiger partial charge in [-0.3, -0.25) is 0 Å². The van der Waals surface area contributed by atoms with E-state index < -0.39 is 17.3 Å². The number of aryl methyl sites for hydroxylation is 1. The summed E-state index contributed by atoms with van der Waals surface area (Å²) in [7, 11) is 0. The van der Waals surface area contributed by atoms with Gasteiger partial charge in [-0.25, -0.2) is 8.78 Å². The first kappa shape index (κ1) is 19.9. The molecule has 7 nitrogen and oxygen atoms in total. The van der Waals surface area contributed by atoms with Gasteiger partial charge in [0.25, 0.3) is 0 Å². The van der Waals surface area contributed by atoms with Crippen LogP contribution in [0.4, 0.5) is 32.1 Å². The smallest absolute Gasteiger partial charge is 0.233 e. The fourth-order valence-corrected chi connectivity index (χ4v) is 2.58. The number of hydrogen-bond acceptors (Lipinski definition) is 7. The van der Waals surface area contributed by atoms with Crippen LogP contribution in [0.3, 0.4) is 0 Å². The molecule has 0 aliphatic heterocycles. The Morgan fingerprint density at radius 3 is 2.14 bits per heavy atom. The van der Waals surface area contributed by atoms with E-state index in [2.05, 4.69) is 25.6 Å². The second-order valence-electron chi connectivity index (χ2n) is 5.78. The van der Waals surface area contributed by atoms with E-state index in [0.717, 1.165) is 12.1 Å². The molecule has 0 saturated heterocycles. The Kier molecular flexibility index (Phi) is 6.12. The fraction of sp³-hybridized carbons (Fsp3) is 0.105. The lowest BCUT2D eigenvalue weighted by Crippen LogP contribution is -2.06. The SMILES string of the molecule is N#CCCc1cc(F)c(Nc2nc(Cl)nc(Nc3ccc(C#N)cc3)n2)c(F)c1. The third-order valence-electron chi connectivity index (χ3n) is 3.74. The van der Waals surface area contributed by atoms with Crippen LogP contribution < -0.4 is 10.6 Å². The molecule has 0 amide bonds. The Balaban J connectivity index is 1.83. The van der Waals surface area contributed by atoms with E-state index in [1.54, 1.807) is 24.3 Å². The van der Waals surface area contributed by atoms with Crippen molar-refractivity contribution in [3.05, 3.63) is 64.4 Å². The van der Waals surface area contributed by atoms with Gasteiger partial charge in [0.2, 0.25) is 17.2 Å². The van der Waals surface area contributed by atoms with E-state index >= 15 is 0 Å². The van der Waals surface area contributed by atoms with Crippen LogP contribution in [0.25, 0.3) is 0 Å². The second-order valence-corrected chi connectivity index (χ2v) is 6.12. The van der Waals surface area contributed by atoms with Gasteiger partial charge < -0.3 is 10.6 Å². The molecule has 3 rings (SSSR count). The van der Waals surface area contributed by atoms with Crippen LogP contribution in [0.15, 0.2) is 36.4 Å². The minimum Gasteiger partial charge on any atom is -0.324 e. The van der Waals surface area contributed by atoms with Crippen LogP contribution in [0.1, 0.15) is 17.5 Å². The number of nitriles is 2. The van der Waals surface area contributed by atoms with Crippen LogP contribution in [0, 0.1) is 34.3 Å². The number of aromatic nitrogens is 3. The molecular weight excluding hydrogens is 400 g/mol. The van der Waals surface area contributed by atoms with Gasteiger partial charge in [-0.2, -0.15) is 25.5 Å². The molecule has 29 heavy (non-hydrogen) atoms. The predicted octanol–water partition coefficient (Wildman–Crippen LogP) is 4.62. The van der Waals surface area contributed by atoms with E-state index in [1.807, 2.05) is 12.1 Å². The molecule has 0 fully saturated rings. The van der Waals surface area contributed by atoms with Gasteiger partial charge in [0.15, 0.2) is 0 Å². The number of hydrogen-bond donors (Lipinski definition) is 2. The maximum atomic E-state index is 14.3. The summed E-state index contributed by atoms with van der Waals surface area (Å²) in [6.45, 7) is 0. The first-order chi connectivity index (χ1) is 14.0. The van der Waals surface area contributed by atoms with Crippen molar-refractivity contribution in [2.45, 2.75) is 12.8 Å². The lowest BCUT2D eigenvalue weighted by Gasteiger charge is -2.11. The molecule has 0 spiro atoms. The first-order valence-corrected chi connectivity index (χ1v) is 8.67. The molecule has 0 aliphatic rings. The Hall–Kier alpha value is -3.82. The molecule has 1 heterocycles. The largest absolute Gasteiger partial charge is 0.324 e. The van der Waals surface area contributed by atoms with Crippen LogP contribution in [0.2, 0.25) is 5.28 Å². The summed E-state index contributed by atoms with van der Waals surface area (Å²) >= 11 is 5.89. The van der Waals surface area contributed by atoms with Crippen molar-refractivity contribution in [3.63, 3.8) is 0 Å². The van der Waals surface area contributed by atoms with Crippen LogP contribution in [0.5, 0.6) is 0 Å². The van der Waals surface area contributed by atoms with Gasteiger partial charge >= 0.3 is 0 Å². The molecule has 0 saturated carbocycles. The van der Waals surface area contributed by atoms with Gasteiger partial charge in [-0.15, -0.1) is 0 Å². The second kappa shape index (κ2) is 8.91. The Morgan fingerprint density at radius 1 is 0.931 bits per heavy atom. The van der Waals surface area contributed by atoms with Crippen molar-refractivity contribution in [3.8, 4) is 12.1 Å². The molecule has 2 aromatic carbocycles. The van der Waals surface area contributed by atoms with Crippen molar-refractivity contribution in [1.29, 1.82) is 10.5 Å². The topological polar surface area (TPSA) is 110 Å². The summed E-state index contributed by atoms with van der Waals surface area (Å²) in [4.78, 5) is 11.8. The molecule has 10 heteroatoms. The molecule has 0 radical (unpaired) electrons. The zero-order chi connectivity index (χ0) is 20.8. The van der Waals surface area contributed by atoms with Crippen molar-refractivity contribution in [1.82, 2.24) is 15.0 Å². The normalized spacial score (nSPS) is 10.1. The monoisotopic (exact) mass is 411 g/mol. The zero-order valence-corrected chi connectivity index (χ0v) is 15.5. The Morgan fingerprint density at radius 2 is 1.55 bits per heavy atom. The highest BCUT2D eigenvalue weighted by molar-refractivity contribution is 6.28. The number of benzene rings is 2. The van der Waals surface area contributed by atoms with Gasteiger partial charge in [-0.05, 0) is 60.0 Å². The molecule has 3 aromatic rings. The summed E-state index contributed by atoms with van der Waals surface area (Å²) < 4.78 is 28.6. The molecule has 0 atom stereocenters. The maximum Gasteiger partial charge on any atom is 0.233 e. The van der Waals surface area contributed by atoms with E-state index in [1.165, 1.54) is 0 Å². The van der Waals surface area contributed by atoms with E-state index in [0.29, 0.717) is 16.8 Å².